The van der Waals surface area contributed by atoms with E-state index in [1.807, 2.05) is 13.8 Å². The van der Waals surface area contributed by atoms with E-state index >= 15 is 0 Å². The highest BCUT2D eigenvalue weighted by Crippen LogP contribution is 2.26. The van der Waals surface area contributed by atoms with Crippen LogP contribution in [0.5, 0.6) is 0 Å². The van der Waals surface area contributed by atoms with Gasteiger partial charge in [0.2, 0.25) is 10.0 Å². The summed E-state index contributed by atoms with van der Waals surface area (Å²) >= 11 is 0. The van der Waals surface area contributed by atoms with Crippen molar-refractivity contribution in [1.82, 2.24) is 4.31 Å². The number of non-ortho nitro benzene ring substituents is 1. The molecule has 118 valence electrons. The van der Waals surface area contributed by atoms with Gasteiger partial charge >= 0.3 is 0 Å². The monoisotopic (exact) mass is 314 g/mol. The largest absolute Gasteiger partial charge is 0.270 e. The molecule has 0 atom stereocenters. The van der Waals surface area contributed by atoms with E-state index in [0.717, 1.165) is 12.8 Å². The summed E-state index contributed by atoms with van der Waals surface area (Å²) in [6.07, 6.45) is 2.17. The SMILES string of the molecule is CCCCN(CC)S(=O)(=O)c1cc([N+](=O)[O-])ccc1CC. The lowest BCUT2D eigenvalue weighted by Gasteiger charge is -2.21. The quantitative estimate of drug-likeness (QED) is 0.545. The van der Waals surface area contributed by atoms with Crippen LogP contribution >= 0.6 is 0 Å². The van der Waals surface area contributed by atoms with Gasteiger partial charge in [0.05, 0.1) is 9.82 Å². The number of rotatable bonds is 8. The molecule has 0 amide bonds. The molecule has 0 aliphatic carbocycles. The van der Waals surface area contributed by atoms with Gasteiger partial charge in [-0.3, -0.25) is 10.1 Å². The highest BCUT2D eigenvalue weighted by atomic mass is 32.2. The van der Waals surface area contributed by atoms with Crippen LogP contribution in [0.2, 0.25) is 0 Å². The van der Waals surface area contributed by atoms with E-state index in [1.54, 1.807) is 6.92 Å². The second kappa shape index (κ2) is 7.51. The van der Waals surface area contributed by atoms with Crippen molar-refractivity contribution in [2.45, 2.75) is 44.9 Å². The lowest BCUT2D eigenvalue weighted by Crippen LogP contribution is -2.32. The summed E-state index contributed by atoms with van der Waals surface area (Å²) in [6, 6.07) is 4.04. The van der Waals surface area contributed by atoms with E-state index in [0.29, 0.717) is 25.1 Å². The number of hydrogen-bond acceptors (Lipinski definition) is 4. The van der Waals surface area contributed by atoms with Crippen LogP contribution in [-0.2, 0) is 16.4 Å². The molecule has 0 bridgehead atoms. The Morgan fingerprint density at radius 1 is 1.24 bits per heavy atom. The number of nitro benzene ring substituents is 1. The standard InChI is InChI=1S/C14H22N2O4S/c1-4-7-10-15(6-3)21(19,20)14-11-13(16(17)18)9-8-12(14)5-2/h8-9,11H,4-7,10H2,1-3H3. The van der Waals surface area contributed by atoms with Gasteiger partial charge in [0.15, 0.2) is 0 Å². The Morgan fingerprint density at radius 3 is 2.38 bits per heavy atom. The molecule has 1 aromatic carbocycles. The fourth-order valence-electron chi connectivity index (χ4n) is 2.11. The van der Waals surface area contributed by atoms with Gasteiger partial charge in [0.25, 0.3) is 5.69 Å². The maximum Gasteiger partial charge on any atom is 0.270 e. The van der Waals surface area contributed by atoms with E-state index in [4.69, 9.17) is 0 Å². The fraction of sp³-hybridized carbons (Fsp3) is 0.571. The Morgan fingerprint density at radius 2 is 1.90 bits per heavy atom. The molecular weight excluding hydrogens is 292 g/mol. The average Bonchev–Trinajstić information content (AvgIpc) is 2.47. The van der Waals surface area contributed by atoms with Crippen LogP contribution in [0.4, 0.5) is 5.69 Å². The van der Waals surface area contributed by atoms with Gasteiger partial charge < -0.3 is 0 Å². The Labute approximate surface area is 126 Å². The highest BCUT2D eigenvalue weighted by Gasteiger charge is 2.27. The first-order chi connectivity index (χ1) is 9.88. The normalized spacial score (nSPS) is 11.8. The van der Waals surface area contributed by atoms with Crippen molar-refractivity contribution in [3.05, 3.63) is 33.9 Å². The Balaban J connectivity index is 3.33. The second-order valence-electron chi connectivity index (χ2n) is 4.75. The van der Waals surface area contributed by atoms with Crippen LogP contribution in [0.3, 0.4) is 0 Å². The molecule has 6 nitrogen and oxygen atoms in total. The lowest BCUT2D eigenvalue weighted by atomic mass is 10.1. The number of hydrogen-bond donors (Lipinski definition) is 0. The number of benzene rings is 1. The molecule has 0 aromatic heterocycles. The molecule has 0 aliphatic rings. The Bertz CT molecular complexity index is 599. The summed E-state index contributed by atoms with van der Waals surface area (Å²) in [6.45, 7) is 6.39. The molecule has 0 radical (unpaired) electrons. The lowest BCUT2D eigenvalue weighted by molar-refractivity contribution is -0.385. The molecule has 1 aromatic rings. The number of nitro groups is 1. The number of sulfonamides is 1. The minimum Gasteiger partial charge on any atom is -0.258 e. The first kappa shape index (κ1) is 17.6. The summed E-state index contributed by atoms with van der Waals surface area (Å²) in [5.74, 6) is 0. The average molecular weight is 314 g/mol. The third-order valence-electron chi connectivity index (χ3n) is 3.37. The van der Waals surface area contributed by atoms with E-state index in [1.165, 1.54) is 22.5 Å². The summed E-state index contributed by atoms with van der Waals surface area (Å²) in [5, 5.41) is 10.9. The van der Waals surface area contributed by atoms with Gasteiger partial charge in [0.1, 0.15) is 0 Å². The van der Waals surface area contributed by atoms with Crippen molar-refractivity contribution in [3.63, 3.8) is 0 Å². The Hall–Kier alpha value is -1.47. The Kier molecular flexibility index (Phi) is 6.29. The van der Waals surface area contributed by atoms with Crippen molar-refractivity contribution < 1.29 is 13.3 Å². The van der Waals surface area contributed by atoms with E-state index < -0.39 is 14.9 Å². The predicted molar refractivity (Wildman–Crippen MR) is 81.8 cm³/mol. The summed E-state index contributed by atoms with van der Waals surface area (Å²) in [4.78, 5) is 10.4. The van der Waals surface area contributed by atoms with Crippen molar-refractivity contribution >= 4 is 15.7 Å². The summed E-state index contributed by atoms with van der Waals surface area (Å²) in [5.41, 5.74) is 0.410. The molecular formula is C14H22N2O4S. The molecule has 0 heterocycles. The topological polar surface area (TPSA) is 80.5 Å². The van der Waals surface area contributed by atoms with E-state index in [2.05, 4.69) is 0 Å². The van der Waals surface area contributed by atoms with Gasteiger partial charge in [-0.1, -0.05) is 33.3 Å². The molecule has 21 heavy (non-hydrogen) atoms. The zero-order valence-corrected chi connectivity index (χ0v) is 13.5. The zero-order chi connectivity index (χ0) is 16.0. The molecule has 0 saturated carbocycles. The van der Waals surface area contributed by atoms with Gasteiger partial charge in [-0.2, -0.15) is 4.31 Å². The van der Waals surface area contributed by atoms with Crippen LogP contribution in [0.15, 0.2) is 23.1 Å². The van der Waals surface area contributed by atoms with E-state index in [9.17, 15) is 18.5 Å². The molecule has 7 heteroatoms. The molecule has 0 fully saturated rings. The number of unbranched alkanes of at least 4 members (excludes halogenated alkanes) is 1. The molecule has 1 rings (SSSR count). The summed E-state index contributed by atoms with van der Waals surface area (Å²) < 4.78 is 26.8. The molecule has 0 saturated heterocycles. The van der Waals surface area contributed by atoms with Gasteiger partial charge in [-0.15, -0.1) is 0 Å². The van der Waals surface area contributed by atoms with Crippen LogP contribution in [0.1, 0.15) is 39.2 Å². The van der Waals surface area contributed by atoms with Crippen LogP contribution in [-0.4, -0.2) is 30.7 Å². The maximum absolute atomic E-state index is 12.7. The number of nitrogens with zero attached hydrogens (tertiary/aromatic N) is 2. The zero-order valence-electron chi connectivity index (χ0n) is 12.7. The molecule has 0 N–H and O–H groups in total. The minimum atomic E-state index is -3.69. The smallest absolute Gasteiger partial charge is 0.258 e. The third kappa shape index (κ3) is 4.01. The van der Waals surface area contributed by atoms with Crippen LogP contribution in [0, 0.1) is 10.1 Å². The third-order valence-corrected chi connectivity index (χ3v) is 5.43. The van der Waals surface area contributed by atoms with Crippen LogP contribution in [0.25, 0.3) is 0 Å². The van der Waals surface area contributed by atoms with E-state index in [-0.39, 0.29) is 10.6 Å². The summed E-state index contributed by atoms with van der Waals surface area (Å²) in [7, 11) is -3.69. The molecule has 0 unspecified atom stereocenters. The van der Waals surface area contributed by atoms with Crippen LogP contribution < -0.4 is 0 Å². The predicted octanol–water partition coefficient (Wildman–Crippen LogP) is 2.97. The maximum atomic E-state index is 12.7. The first-order valence-corrected chi connectivity index (χ1v) is 8.59. The minimum absolute atomic E-state index is 0.0529. The number of aryl methyl sites for hydroxylation is 1. The van der Waals surface area contributed by atoms with Gasteiger partial charge in [0, 0.05) is 25.2 Å². The first-order valence-electron chi connectivity index (χ1n) is 7.15. The molecule has 0 aliphatic heterocycles. The van der Waals surface area contributed by atoms with Gasteiger partial charge in [-0.05, 0) is 18.4 Å². The van der Waals surface area contributed by atoms with Crippen molar-refractivity contribution in [3.8, 4) is 0 Å². The van der Waals surface area contributed by atoms with Crippen molar-refractivity contribution in [2.75, 3.05) is 13.1 Å². The molecule has 0 spiro atoms. The highest BCUT2D eigenvalue weighted by molar-refractivity contribution is 7.89. The second-order valence-corrected chi connectivity index (χ2v) is 6.66. The van der Waals surface area contributed by atoms with Gasteiger partial charge in [-0.25, -0.2) is 8.42 Å². The van der Waals surface area contributed by atoms with Crippen molar-refractivity contribution in [1.29, 1.82) is 0 Å². The van der Waals surface area contributed by atoms with Crippen molar-refractivity contribution in [2.24, 2.45) is 0 Å². The fourth-order valence-corrected chi connectivity index (χ4v) is 3.91.